The zero-order valence-electron chi connectivity index (χ0n) is 10.5. The lowest BCUT2D eigenvalue weighted by atomic mass is 10.1. The Morgan fingerprint density at radius 3 is 2.10 bits per heavy atom. The molecule has 116 valence electrons. The number of carboxylic acid groups (broad SMARTS) is 1. The highest BCUT2D eigenvalue weighted by molar-refractivity contribution is 5.90. The Morgan fingerprint density at radius 2 is 1.67 bits per heavy atom. The lowest BCUT2D eigenvalue weighted by Gasteiger charge is -2.18. The lowest BCUT2D eigenvalue weighted by Crippen LogP contribution is -2.47. The van der Waals surface area contributed by atoms with Crippen LogP contribution in [0, 0.1) is 23.3 Å². The standard InChI is InChI=1S/C11H10F4N2O4/c1-11(21,9(18)19)3-16-10(20)17-8-6(14)4(12)2-5(13)7(8)15/h2,21H,3H2,1H3,(H,18,19)(H2,16,17,20). The van der Waals surface area contributed by atoms with Crippen molar-refractivity contribution in [2.75, 3.05) is 11.9 Å². The minimum absolute atomic E-state index is 0.0387. The number of aliphatic hydroxyl groups is 1. The van der Waals surface area contributed by atoms with Gasteiger partial charge in [0.05, 0.1) is 6.54 Å². The van der Waals surface area contributed by atoms with Crippen LogP contribution in [0.4, 0.5) is 28.0 Å². The Balaban J connectivity index is 2.84. The van der Waals surface area contributed by atoms with Crippen LogP contribution in [0.15, 0.2) is 6.07 Å². The minimum Gasteiger partial charge on any atom is -0.479 e. The highest BCUT2D eigenvalue weighted by Crippen LogP contribution is 2.23. The van der Waals surface area contributed by atoms with Gasteiger partial charge in [-0.25, -0.2) is 27.2 Å². The molecule has 0 aromatic heterocycles. The van der Waals surface area contributed by atoms with E-state index in [1.54, 1.807) is 5.32 Å². The zero-order chi connectivity index (χ0) is 16.4. The fourth-order valence-electron chi connectivity index (χ4n) is 1.17. The highest BCUT2D eigenvalue weighted by Gasteiger charge is 2.30. The van der Waals surface area contributed by atoms with Gasteiger partial charge in [-0.3, -0.25) is 0 Å². The topological polar surface area (TPSA) is 98.7 Å². The summed E-state index contributed by atoms with van der Waals surface area (Å²) in [5.41, 5.74) is -3.71. The molecule has 1 atom stereocenters. The summed E-state index contributed by atoms with van der Waals surface area (Å²) in [6, 6.07) is -1.40. The summed E-state index contributed by atoms with van der Waals surface area (Å²) in [4.78, 5) is 21.9. The predicted molar refractivity (Wildman–Crippen MR) is 61.6 cm³/mol. The van der Waals surface area contributed by atoms with Gasteiger partial charge in [-0.2, -0.15) is 0 Å². The number of anilines is 1. The molecule has 0 radical (unpaired) electrons. The van der Waals surface area contributed by atoms with E-state index in [0.717, 1.165) is 6.92 Å². The van der Waals surface area contributed by atoms with Gasteiger partial charge < -0.3 is 20.8 Å². The molecule has 0 aliphatic heterocycles. The molecule has 10 heteroatoms. The number of carbonyl (C=O) groups is 2. The van der Waals surface area contributed by atoms with Gasteiger partial charge in [-0.15, -0.1) is 0 Å². The van der Waals surface area contributed by atoms with Crippen LogP contribution in [0.5, 0.6) is 0 Å². The third-order valence-electron chi connectivity index (χ3n) is 2.40. The molecule has 0 saturated carbocycles. The number of urea groups is 1. The number of nitrogens with one attached hydrogen (secondary N) is 2. The van der Waals surface area contributed by atoms with E-state index in [1.807, 2.05) is 0 Å². The van der Waals surface area contributed by atoms with Gasteiger partial charge in [-0.1, -0.05) is 0 Å². The van der Waals surface area contributed by atoms with Crippen LogP contribution in [0.3, 0.4) is 0 Å². The Hall–Kier alpha value is -2.36. The molecule has 0 saturated heterocycles. The maximum absolute atomic E-state index is 13.2. The van der Waals surface area contributed by atoms with E-state index >= 15 is 0 Å². The second kappa shape index (κ2) is 5.95. The summed E-state index contributed by atoms with van der Waals surface area (Å²) in [6.45, 7) is 0.0494. The first-order valence-corrected chi connectivity index (χ1v) is 5.40. The molecule has 21 heavy (non-hydrogen) atoms. The van der Waals surface area contributed by atoms with Crippen molar-refractivity contribution in [1.29, 1.82) is 0 Å². The number of amides is 2. The monoisotopic (exact) mass is 310 g/mol. The number of halogens is 4. The van der Waals surface area contributed by atoms with E-state index in [-0.39, 0.29) is 6.07 Å². The molecule has 4 N–H and O–H groups in total. The molecule has 6 nitrogen and oxygen atoms in total. The number of rotatable bonds is 4. The minimum atomic E-state index is -2.33. The molecule has 1 aromatic carbocycles. The average Bonchev–Trinajstić information content (AvgIpc) is 2.39. The Kier molecular flexibility index (Phi) is 4.73. The Bertz CT molecular complexity index is 566. The second-order valence-electron chi connectivity index (χ2n) is 4.23. The van der Waals surface area contributed by atoms with E-state index in [4.69, 9.17) is 5.11 Å². The molecule has 0 aliphatic carbocycles. The molecule has 2 amide bonds. The first-order valence-electron chi connectivity index (χ1n) is 5.40. The molecule has 1 aromatic rings. The van der Waals surface area contributed by atoms with Crippen molar-refractivity contribution in [3.8, 4) is 0 Å². The highest BCUT2D eigenvalue weighted by atomic mass is 19.2. The van der Waals surface area contributed by atoms with Gasteiger partial charge >= 0.3 is 12.0 Å². The largest absolute Gasteiger partial charge is 0.479 e. The third kappa shape index (κ3) is 3.81. The van der Waals surface area contributed by atoms with Crippen molar-refractivity contribution in [2.45, 2.75) is 12.5 Å². The number of hydrogen-bond acceptors (Lipinski definition) is 3. The van der Waals surface area contributed by atoms with Crippen molar-refractivity contribution in [3.63, 3.8) is 0 Å². The molecule has 0 bridgehead atoms. The van der Waals surface area contributed by atoms with Gasteiger partial charge in [0.1, 0.15) is 5.69 Å². The van der Waals surface area contributed by atoms with Crippen LogP contribution in [0.2, 0.25) is 0 Å². The summed E-state index contributed by atoms with van der Waals surface area (Å²) < 4.78 is 52.2. The van der Waals surface area contributed by atoms with Crippen LogP contribution in [-0.2, 0) is 4.79 Å². The molecule has 0 spiro atoms. The third-order valence-corrected chi connectivity index (χ3v) is 2.40. The van der Waals surface area contributed by atoms with Crippen LogP contribution < -0.4 is 10.6 Å². The predicted octanol–water partition coefficient (Wildman–Crippen LogP) is 1.20. The van der Waals surface area contributed by atoms with Crippen LogP contribution in [0.1, 0.15) is 6.92 Å². The van der Waals surface area contributed by atoms with Crippen molar-refractivity contribution in [3.05, 3.63) is 29.3 Å². The smallest absolute Gasteiger partial charge is 0.337 e. The summed E-state index contributed by atoms with van der Waals surface area (Å²) in [6.07, 6.45) is 0. The number of carbonyl (C=O) groups excluding carboxylic acids is 1. The lowest BCUT2D eigenvalue weighted by molar-refractivity contribution is -0.155. The normalized spacial score (nSPS) is 13.4. The molecule has 0 aliphatic rings. The molecule has 1 rings (SSSR count). The Labute approximate surface area is 115 Å². The average molecular weight is 310 g/mol. The molecular weight excluding hydrogens is 300 g/mol. The summed E-state index contributed by atoms with van der Waals surface area (Å²) in [5.74, 6) is -8.75. The number of benzene rings is 1. The Morgan fingerprint density at radius 1 is 1.19 bits per heavy atom. The van der Waals surface area contributed by atoms with E-state index in [1.165, 1.54) is 5.32 Å². The van der Waals surface area contributed by atoms with Gasteiger partial charge in [0, 0.05) is 6.07 Å². The van der Waals surface area contributed by atoms with Crippen LogP contribution >= 0.6 is 0 Å². The van der Waals surface area contributed by atoms with Gasteiger partial charge in [0.2, 0.25) is 0 Å². The van der Waals surface area contributed by atoms with Gasteiger partial charge in [0.25, 0.3) is 0 Å². The molecule has 0 fully saturated rings. The molecule has 1 unspecified atom stereocenters. The van der Waals surface area contributed by atoms with E-state index in [0.29, 0.717) is 0 Å². The summed E-state index contributed by atoms with van der Waals surface area (Å²) in [5, 5.41) is 21.1. The van der Waals surface area contributed by atoms with E-state index in [2.05, 4.69) is 0 Å². The van der Waals surface area contributed by atoms with Crippen molar-refractivity contribution in [2.24, 2.45) is 0 Å². The zero-order valence-corrected chi connectivity index (χ0v) is 10.5. The quantitative estimate of drug-likeness (QED) is 0.496. The van der Waals surface area contributed by atoms with Crippen molar-refractivity contribution < 1.29 is 37.4 Å². The second-order valence-corrected chi connectivity index (χ2v) is 4.23. The maximum atomic E-state index is 13.2. The van der Waals surface area contributed by atoms with Crippen LogP contribution in [-0.4, -0.2) is 34.4 Å². The van der Waals surface area contributed by atoms with Crippen molar-refractivity contribution >= 4 is 17.7 Å². The van der Waals surface area contributed by atoms with Gasteiger partial charge in [0.15, 0.2) is 28.9 Å². The maximum Gasteiger partial charge on any atom is 0.337 e. The number of aliphatic carboxylic acids is 1. The molecular formula is C11H10F4N2O4. The van der Waals surface area contributed by atoms with Crippen LogP contribution in [0.25, 0.3) is 0 Å². The fourth-order valence-corrected chi connectivity index (χ4v) is 1.17. The van der Waals surface area contributed by atoms with Gasteiger partial charge in [-0.05, 0) is 6.92 Å². The summed E-state index contributed by atoms with van der Waals surface area (Å²) in [7, 11) is 0. The summed E-state index contributed by atoms with van der Waals surface area (Å²) >= 11 is 0. The number of hydrogen-bond donors (Lipinski definition) is 4. The number of carboxylic acids is 1. The van der Waals surface area contributed by atoms with E-state index < -0.39 is 53.1 Å². The molecule has 0 heterocycles. The first kappa shape index (κ1) is 16.7. The fraction of sp³-hybridized carbons (Fsp3) is 0.273. The van der Waals surface area contributed by atoms with E-state index in [9.17, 15) is 32.3 Å². The van der Waals surface area contributed by atoms with Crippen molar-refractivity contribution in [1.82, 2.24) is 5.32 Å². The SMILES string of the molecule is CC(O)(CNC(=O)Nc1c(F)c(F)cc(F)c1F)C(=O)O. The first-order chi connectivity index (χ1) is 9.56.